The summed E-state index contributed by atoms with van der Waals surface area (Å²) in [7, 11) is 0. The van der Waals surface area contributed by atoms with Gasteiger partial charge in [-0.25, -0.2) is 0 Å². The van der Waals surface area contributed by atoms with E-state index in [1.165, 1.54) is 27.8 Å². The minimum Gasteiger partial charge on any atom is -0.311 e. The smallest absolute Gasteiger partial charge is 0.0462 e. The van der Waals surface area contributed by atoms with Crippen molar-refractivity contribution in [3.63, 3.8) is 0 Å². The molecule has 0 fully saturated rings. The fraction of sp³-hybridized carbons (Fsp3) is 0. The van der Waals surface area contributed by atoms with E-state index in [1.54, 1.807) is 0 Å². The van der Waals surface area contributed by atoms with Crippen LogP contribution in [0.1, 0.15) is 27.8 Å². The molecule has 1 heteroatoms. The number of rotatable bonds is 8. The molecule has 0 atom stereocenters. The zero-order valence-corrected chi connectivity index (χ0v) is 22.9. The van der Waals surface area contributed by atoms with Gasteiger partial charge in [-0.3, -0.25) is 0 Å². The molecule has 41 heavy (non-hydrogen) atoms. The Hall–Kier alpha value is -5.40. The third-order valence-corrected chi connectivity index (χ3v) is 7.25. The van der Waals surface area contributed by atoms with E-state index in [0.717, 1.165) is 28.2 Å². The monoisotopic (exact) mass is 525 g/mol. The second-order valence-corrected chi connectivity index (χ2v) is 9.86. The van der Waals surface area contributed by atoms with Gasteiger partial charge in [0, 0.05) is 17.1 Å². The largest absolute Gasteiger partial charge is 0.311 e. The highest BCUT2D eigenvalue weighted by Gasteiger charge is 2.17. The molecule has 1 nitrogen and oxygen atoms in total. The fourth-order valence-electron chi connectivity index (χ4n) is 5.29. The van der Waals surface area contributed by atoms with Crippen LogP contribution in [0, 0.1) is 0 Å². The van der Waals surface area contributed by atoms with Crippen molar-refractivity contribution >= 4 is 34.3 Å². The first-order chi connectivity index (χ1) is 20.3. The van der Waals surface area contributed by atoms with Crippen molar-refractivity contribution in [3.8, 4) is 0 Å². The number of benzene rings is 6. The van der Waals surface area contributed by atoms with E-state index in [2.05, 4.69) is 181 Å². The Morgan fingerprint density at radius 3 is 1.07 bits per heavy atom. The van der Waals surface area contributed by atoms with Gasteiger partial charge in [0.15, 0.2) is 0 Å². The molecule has 6 aromatic rings. The minimum atomic E-state index is 1.10. The van der Waals surface area contributed by atoms with Gasteiger partial charge in [-0.05, 0) is 75.4 Å². The molecule has 0 aliphatic carbocycles. The first-order valence-electron chi connectivity index (χ1n) is 13.9. The Kier molecular flexibility index (Phi) is 7.69. The van der Waals surface area contributed by atoms with Crippen LogP contribution in [0.3, 0.4) is 0 Å². The summed E-state index contributed by atoms with van der Waals surface area (Å²) in [6.45, 7) is 3.91. The van der Waals surface area contributed by atoms with Crippen LogP contribution in [-0.2, 0) is 0 Å². The second-order valence-electron chi connectivity index (χ2n) is 9.86. The van der Waals surface area contributed by atoms with E-state index in [0.29, 0.717) is 0 Å². The minimum absolute atomic E-state index is 1.10. The summed E-state index contributed by atoms with van der Waals surface area (Å²) in [6, 6.07) is 60.0. The maximum absolute atomic E-state index is 3.91. The number of nitrogens with zero attached hydrogens (tertiary/aromatic N) is 1. The first kappa shape index (κ1) is 25.9. The third-order valence-electron chi connectivity index (χ3n) is 7.25. The summed E-state index contributed by atoms with van der Waals surface area (Å²) in [5.41, 5.74) is 11.6. The van der Waals surface area contributed by atoms with E-state index in [4.69, 9.17) is 0 Å². The molecule has 0 heterocycles. The van der Waals surface area contributed by atoms with E-state index in [-0.39, 0.29) is 0 Å². The van der Waals surface area contributed by atoms with Gasteiger partial charge in [-0.15, -0.1) is 0 Å². The van der Waals surface area contributed by atoms with Gasteiger partial charge in [0.05, 0.1) is 0 Å². The van der Waals surface area contributed by atoms with Crippen molar-refractivity contribution in [1.29, 1.82) is 0 Å². The molecule has 0 aromatic heterocycles. The molecule has 0 bridgehead atoms. The molecule has 0 radical (unpaired) electrons. The van der Waals surface area contributed by atoms with Crippen LogP contribution < -0.4 is 4.90 Å². The van der Waals surface area contributed by atoms with Crippen LogP contribution in [0.15, 0.2) is 176 Å². The Morgan fingerprint density at radius 2 is 0.683 bits per heavy atom. The van der Waals surface area contributed by atoms with E-state index in [9.17, 15) is 0 Å². The highest BCUT2D eigenvalue weighted by atomic mass is 15.1. The topological polar surface area (TPSA) is 3.24 Å². The average molecular weight is 526 g/mol. The quantitative estimate of drug-likeness (QED) is 0.179. The molecular formula is C40H31N. The summed E-state index contributed by atoms with van der Waals surface area (Å²) in [5, 5.41) is 0. The standard InChI is InChI=1S/C40H31N/c1-2-31-23-27-37(28-24-31)41(36-21-13-6-14-22-36)38-29-25-35(26-30-38)40(34-19-11-5-12-20-34)39(32-15-7-3-8-16-32)33-17-9-4-10-18-33/h2-30H,1H2. The number of hydrogen-bond donors (Lipinski definition) is 0. The van der Waals surface area contributed by atoms with Gasteiger partial charge in [-0.2, -0.15) is 0 Å². The summed E-state index contributed by atoms with van der Waals surface area (Å²) >= 11 is 0. The molecule has 0 N–H and O–H groups in total. The lowest BCUT2D eigenvalue weighted by Crippen LogP contribution is -2.09. The Balaban J connectivity index is 1.53. The van der Waals surface area contributed by atoms with Gasteiger partial charge in [0.25, 0.3) is 0 Å². The van der Waals surface area contributed by atoms with Crippen LogP contribution in [0.25, 0.3) is 17.2 Å². The maximum atomic E-state index is 3.91. The third kappa shape index (κ3) is 5.66. The average Bonchev–Trinajstić information content (AvgIpc) is 3.06. The van der Waals surface area contributed by atoms with Crippen LogP contribution >= 0.6 is 0 Å². The normalized spacial score (nSPS) is 10.5. The lowest BCUT2D eigenvalue weighted by Gasteiger charge is -2.26. The van der Waals surface area contributed by atoms with Crippen molar-refractivity contribution in [3.05, 3.63) is 204 Å². The predicted molar refractivity (Wildman–Crippen MR) is 176 cm³/mol. The van der Waals surface area contributed by atoms with Gasteiger partial charge in [-0.1, -0.05) is 146 Å². The highest BCUT2D eigenvalue weighted by Crippen LogP contribution is 2.39. The fourth-order valence-corrected chi connectivity index (χ4v) is 5.29. The van der Waals surface area contributed by atoms with Crippen molar-refractivity contribution in [2.75, 3.05) is 4.90 Å². The Bertz CT molecular complexity index is 1690. The zero-order valence-electron chi connectivity index (χ0n) is 22.9. The van der Waals surface area contributed by atoms with Crippen LogP contribution in [0.2, 0.25) is 0 Å². The molecule has 0 unspecified atom stereocenters. The second kappa shape index (κ2) is 12.2. The predicted octanol–water partition coefficient (Wildman–Crippen LogP) is 10.8. The molecule has 0 saturated heterocycles. The van der Waals surface area contributed by atoms with Gasteiger partial charge < -0.3 is 4.90 Å². The summed E-state index contributed by atoms with van der Waals surface area (Å²) in [6.07, 6.45) is 1.87. The van der Waals surface area contributed by atoms with E-state index in [1.807, 2.05) is 6.08 Å². The lowest BCUT2D eigenvalue weighted by atomic mass is 9.86. The van der Waals surface area contributed by atoms with Crippen molar-refractivity contribution in [2.24, 2.45) is 0 Å². The van der Waals surface area contributed by atoms with E-state index >= 15 is 0 Å². The van der Waals surface area contributed by atoms with Gasteiger partial charge in [0.1, 0.15) is 0 Å². The molecule has 196 valence electrons. The number of para-hydroxylation sites is 1. The Morgan fingerprint density at radius 1 is 0.366 bits per heavy atom. The number of hydrogen-bond acceptors (Lipinski definition) is 1. The number of anilines is 3. The summed E-state index contributed by atoms with van der Waals surface area (Å²) in [4.78, 5) is 2.29. The van der Waals surface area contributed by atoms with Crippen LogP contribution in [0.5, 0.6) is 0 Å². The van der Waals surface area contributed by atoms with Crippen molar-refractivity contribution < 1.29 is 0 Å². The highest BCUT2D eigenvalue weighted by molar-refractivity contribution is 6.04. The first-order valence-corrected chi connectivity index (χ1v) is 13.9. The summed E-state index contributed by atoms with van der Waals surface area (Å²) in [5.74, 6) is 0. The molecule has 0 aliphatic rings. The molecular weight excluding hydrogens is 494 g/mol. The van der Waals surface area contributed by atoms with E-state index < -0.39 is 0 Å². The molecule has 0 spiro atoms. The Labute approximate surface area is 243 Å². The van der Waals surface area contributed by atoms with Gasteiger partial charge in [0.2, 0.25) is 0 Å². The lowest BCUT2D eigenvalue weighted by molar-refractivity contribution is 1.28. The zero-order chi connectivity index (χ0) is 27.9. The van der Waals surface area contributed by atoms with Crippen LogP contribution in [-0.4, -0.2) is 0 Å². The van der Waals surface area contributed by atoms with Crippen molar-refractivity contribution in [2.45, 2.75) is 0 Å². The summed E-state index contributed by atoms with van der Waals surface area (Å²) < 4.78 is 0. The van der Waals surface area contributed by atoms with Gasteiger partial charge >= 0.3 is 0 Å². The maximum Gasteiger partial charge on any atom is 0.0462 e. The van der Waals surface area contributed by atoms with Crippen molar-refractivity contribution in [1.82, 2.24) is 0 Å². The molecule has 0 amide bonds. The molecule has 0 saturated carbocycles. The SMILES string of the molecule is C=Cc1ccc(N(c2ccccc2)c2ccc(C(=C(c3ccccc3)c3ccccc3)c3ccccc3)cc2)cc1. The molecule has 6 aromatic carbocycles. The molecule has 6 rings (SSSR count). The molecule has 0 aliphatic heterocycles. The van der Waals surface area contributed by atoms with Crippen LogP contribution in [0.4, 0.5) is 17.1 Å².